The van der Waals surface area contributed by atoms with Gasteiger partial charge in [0.05, 0.1) is 43.6 Å². The average molecular weight is 846 g/mol. The van der Waals surface area contributed by atoms with Gasteiger partial charge in [-0.3, -0.25) is 4.55 Å². The number of hydrogen-bond donors (Lipinski definition) is 4. The summed E-state index contributed by atoms with van der Waals surface area (Å²) in [5.41, 5.74) is 4.64. The number of anilines is 6. The van der Waals surface area contributed by atoms with Gasteiger partial charge in [-0.05, 0) is 39.8 Å². The standard InChI is InChI=1S/C31H39N15O6S4/c1-7-45(8-2)22-13-18(20(15-24(22)51-5)38-41-29-40-32-17-54-29)33-26-35-27(37-28(36-26)53-12-11-47)34-19-14-23(46(9-3)10-4)25(52-6)16-21(19)39-42-30-43-44-31(55-30)56(48,49)50/h13-17,47H,7-12H2,1-6H3,(H,48,49,50)(H2,33,34,35,36,37)/b41-38+,42-39+. The Balaban J connectivity index is 1.62. The molecular formula is C31H39N15O6S4. The minimum atomic E-state index is -4.58. The summed E-state index contributed by atoms with van der Waals surface area (Å²) in [6.45, 7) is 10.7. The maximum absolute atomic E-state index is 11.6. The van der Waals surface area contributed by atoms with Gasteiger partial charge in [-0.1, -0.05) is 34.4 Å². The molecule has 56 heavy (non-hydrogen) atoms. The Labute approximate surface area is 334 Å². The van der Waals surface area contributed by atoms with E-state index in [1.807, 2.05) is 33.8 Å². The summed E-state index contributed by atoms with van der Waals surface area (Å²) in [5.74, 6) is 1.61. The second kappa shape index (κ2) is 19.6. The molecular weight excluding hydrogens is 807 g/mol. The van der Waals surface area contributed by atoms with Gasteiger partial charge in [0, 0.05) is 44.1 Å². The van der Waals surface area contributed by atoms with Crippen molar-refractivity contribution >= 4 is 101 Å². The summed E-state index contributed by atoms with van der Waals surface area (Å²) < 4.78 is 43.3. The van der Waals surface area contributed by atoms with Crippen LogP contribution in [0.25, 0.3) is 0 Å². The minimum absolute atomic E-state index is 0.106. The third-order valence-electron chi connectivity index (χ3n) is 7.68. The van der Waals surface area contributed by atoms with Crippen LogP contribution in [0, 0.1) is 0 Å². The molecule has 0 aliphatic rings. The van der Waals surface area contributed by atoms with Gasteiger partial charge in [0.1, 0.15) is 28.4 Å². The highest BCUT2D eigenvalue weighted by Gasteiger charge is 2.21. The number of aliphatic hydroxyl groups is 1. The maximum atomic E-state index is 11.6. The van der Waals surface area contributed by atoms with Crippen LogP contribution in [0.2, 0.25) is 0 Å². The minimum Gasteiger partial charge on any atom is -0.494 e. The van der Waals surface area contributed by atoms with Crippen LogP contribution in [0.4, 0.5) is 56.3 Å². The fraction of sp³-hybridized carbons (Fsp3) is 0.387. The molecule has 298 valence electrons. The van der Waals surface area contributed by atoms with Crippen molar-refractivity contribution in [1.29, 1.82) is 0 Å². The van der Waals surface area contributed by atoms with Crippen molar-refractivity contribution in [3.63, 3.8) is 0 Å². The summed E-state index contributed by atoms with van der Waals surface area (Å²) in [7, 11) is -1.47. The van der Waals surface area contributed by atoms with E-state index >= 15 is 0 Å². The number of aliphatic hydroxyl groups excluding tert-OH is 1. The number of thioether (sulfide) groups is 1. The van der Waals surface area contributed by atoms with Crippen LogP contribution >= 0.6 is 34.4 Å². The van der Waals surface area contributed by atoms with Crippen molar-refractivity contribution < 1.29 is 27.6 Å². The predicted octanol–water partition coefficient (Wildman–Crippen LogP) is 6.93. The molecule has 0 amide bonds. The Kier molecular flexibility index (Phi) is 14.7. The van der Waals surface area contributed by atoms with Gasteiger partial charge in [0.15, 0.2) is 5.16 Å². The molecule has 0 saturated heterocycles. The number of nitrogens with zero attached hydrogens (tertiary/aromatic N) is 13. The first-order valence-electron chi connectivity index (χ1n) is 16.9. The second-order valence-corrected chi connectivity index (χ2v) is 15.4. The fourth-order valence-electron chi connectivity index (χ4n) is 5.09. The van der Waals surface area contributed by atoms with E-state index < -0.39 is 14.5 Å². The number of azo groups is 2. The Morgan fingerprint density at radius 3 is 1.73 bits per heavy atom. The quantitative estimate of drug-likeness (QED) is 0.0351. The lowest BCUT2D eigenvalue weighted by atomic mass is 10.2. The van der Waals surface area contributed by atoms with E-state index in [4.69, 9.17) is 14.5 Å². The van der Waals surface area contributed by atoms with Crippen LogP contribution in [-0.4, -0.2) is 106 Å². The second-order valence-electron chi connectivity index (χ2n) is 11.0. The van der Waals surface area contributed by atoms with E-state index in [0.29, 0.717) is 82.1 Å². The van der Waals surface area contributed by atoms with Gasteiger partial charge < -0.3 is 35.0 Å². The van der Waals surface area contributed by atoms with Crippen LogP contribution in [0.3, 0.4) is 0 Å². The van der Waals surface area contributed by atoms with Crippen molar-refractivity contribution in [2.24, 2.45) is 20.5 Å². The zero-order chi connectivity index (χ0) is 40.2. The molecule has 25 heteroatoms. The molecule has 0 fully saturated rings. The molecule has 0 saturated carbocycles. The molecule has 0 atom stereocenters. The third kappa shape index (κ3) is 10.5. The molecule has 0 unspecified atom stereocenters. The molecule has 21 nitrogen and oxygen atoms in total. The third-order valence-corrected chi connectivity index (χ3v) is 11.1. The molecule has 0 bridgehead atoms. The van der Waals surface area contributed by atoms with Gasteiger partial charge in [0.25, 0.3) is 14.6 Å². The van der Waals surface area contributed by atoms with E-state index in [0.717, 1.165) is 11.4 Å². The maximum Gasteiger partial charge on any atom is 0.324 e. The topological polar surface area (TPSA) is 263 Å². The highest BCUT2D eigenvalue weighted by Crippen LogP contribution is 2.42. The summed E-state index contributed by atoms with van der Waals surface area (Å²) >= 11 is 2.98. The van der Waals surface area contributed by atoms with Crippen LogP contribution in [0.5, 0.6) is 11.5 Å². The molecule has 3 heterocycles. The molecule has 3 aromatic heterocycles. The first kappa shape index (κ1) is 41.9. The zero-order valence-electron chi connectivity index (χ0n) is 31.1. The number of nitrogens with one attached hydrogen (secondary N) is 2. The number of hydrogen-bond acceptors (Lipinski definition) is 23. The lowest BCUT2D eigenvalue weighted by Crippen LogP contribution is -2.22. The molecule has 4 N–H and O–H groups in total. The molecule has 0 aliphatic heterocycles. The van der Waals surface area contributed by atoms with E-state index in [1.165, 1.54) is 30.2 Å². The van der Waals surface area contributed by atoms with Crippen LogP contribution in [0.15, 0.2) is 59.7 Å². The van der Waals surface area contributed by atoms with Crippen molar-refractivity contribution in [3.8, 4) is 11.5 Å². The SMILES string of the molecule is CCN(CC)c1cc(Nc2nc(Nc3cc(N(CC)CC)c(OC)cc3/N=N/c3nnc(S(=O)(=O)O)s3)nc(SCCO)n2)c(/N=N/c2nncs2)cc1OC. The van der Waals surface area contributed by atoms with Gasteiger partial charge in [-0.15, -0.1) is 40.9 Å². The van der Waals surface area contributed by atoms with Gasteiger partial charge in [0.2, 0.25) is 11.9 Å². The van der Waals surface area contributed by atoms with E-state index in [-0.39, 0.29) is 29.3 Å². The highest BCUT2D eigenvalue weighted by atomic mass is 32.3. The lowest BCUT2D eigenvalue weighted by Gasteiger charge is -2.25. The number of benzene rings is 2. The summed E-state index contributed by atoms with van der Waals surface area (Å²) in [4.78, 5) is 18.1. The monoisotopic (exact) mass is 845 g/mol. The van der Waals surface area contributed by atoms with E-state index in [1.54, 1.807) is 30.8 Å². The zero-order valence-corrected chi connectivity index (χ0v) is 34.4. The lowest BCUT2D eigenvalue weighted by molar-refractivity contribution is 0.322. The largest absolute Gasteiger partial charge is 0.494 e. The number of rotatable bonds is 20. The summed E-state index contributed by atoms with van der Waals surface area (Å²) in [6.07, 6.45) is 0. The molecule has 0 spiro atoms. The first-order chi connectivity index (χ1) is 27.0. The molecule has 5 rings (SSSR count). The molecule has 5 aromatic rings. The predicted molar refractivity (Wildman–Crippen MR) is 215 cm³/mol. The number of ether oxygens (including phenoxy) is 2. The Hall–Kier alpha value is -5.21. The molecule has 0 aliphatic carbocycles. The van der Waals surface area contributed by atoms with Crippen LogP contribution < -0.4 is 29.9 Å². The number of aromatic nitrogens is 7. The van der Waals surface area contributed by atoms with Gasteiger partial charge in [-0.2, -0.15) is 23.4 Å². The number of methoxy groups -OCH3 is 2. The van der Waals surface area contributed by atoms with Crippen molar-refractivity contribution in [2.75, 3.05) is 73.2 Å². The van der Waals surface area contributed by atoms with Crippen molar-refractivity contribution in [2.45, 2.75) is 37.2 Å². The first-order valence-corrected chi connectivity index (χ1v) is 21.0. The smallest absolute Gasteiger partial charge is 0.324 e. The molecule has 0 radical (unpaired) electrons. The highest BCUT2D eigenvalue weighted by molar-refractivity contribution is 7.99. The van der Waals surface area contributed by atoms with Crippen molar-refractivity contribution in [3.05, 3.63) is 29.8 Å². The van der Waals surface area contributed by atoms with Crippen LogP contribution in [0.1, 0.15) is 27.7 Å². The van der Waals surface area contributed by atoms with Gasteiger partial charge >= 0.3 is 10.1 Å². The Morgan fingerprint density at radius 2 is 1.30 bits per heavy atom. The van der Waals surface area contributed by atoms with Gasteiger partial charge in [-0.25, -0.2) is 0 Å². The Morgan fingerprint density at radius 1 is 0.768 bits per heavy atom. The van der Waals surface area contributed by atoms with Crippen molar-refractivity contribution in [1.82, 2.24) is 35.3 Å². The molecule has 2 aromatic carbocycles. The Bertz CT molecular complexity index is 2250. The average Bonchev–Trinajstić information content (AvgIpc) is 3.90. The summed E-state index contributed by atoms with van der Waals surface area (Å²) in [6, 6.07) is 7.07. The van der Waals surface area contributed by atoms with E-state index in [2.05, 4.69) is 71.3 Å². The normalized spacial score (nSPS) is 11.7. The van der Waals surface area contributed by atoms with E-state index in [9.17, 15) is 18.1 Å². The fourth-order valence-corrected chi connectivity index (χ4v) is 7.23. The van der Waals surface area contributed by atoms with Crippen LogP contribution in [-0.2, 0) is 10.1 Å². The summed E-state index contributed by atoms with van der Waals surface area (Å²) in [5, 5.41) is 48.8.